The summed E-state index contributed by atoms with van der Waals surface area (Å²) in [5.74, 6) is 0.447. The lowest BCUT2D eigenvalue weighted by Gasteiger charge is -2.18. The van der Waals surface area contributed by atoms with Gasteiger partial charge in [-0.05, 0) is 43.0 Å². The molecule has 1 aromatic rings. The van der Waals surface area contributed by atoms with Gasteiger partial charge in [0.15, 0.2) is 0 Å². The highest BCUT2D eigenvalue weighted by atomic mass is 35.5. The molecule has 0 aliphatic carbocycles. The molecule has 0 saturated heterocycles. The molecule has 0 aromatic heterocycles. The zero-order valence-corrected chi connectivity index (χ0v) is 11.2. The highest BCUT2D eigenvalue weighted by Crippen LogP contribution is 2.26. The monoisotopic (exact) mass is 264 g/mol. The summed E-state index contributed by atoms with van der Waals surface area (Å²) < 4.78 is 0. The first-order valence-corrected chi connectivity index (χ1v) is 6.31. The third-order valence-corrected chi connectivity index (χ3v) is 3.62. The van der Waals surface area contributed by atoms with Crippen LogP contribution in [0.15, 0.2) is 18.2 Å². The van der Waals surface area contributed by atoms with E-state index in [0.29, 0.717) is 5.92 Å². The first kappa shape index (κ1) is 13.2. The summed E-state index contributed by atoms with van der Waals surface area (Å²) in [7, 11) is 0. The number of benzene rings is 1. The molecular formula is C12H15Cl3. The van der Waals surface area contributed by atoms with Gasteiger partial charge in [0.2, 0.25) is 0 Å². The Morgan fingerprint density at radius 2 is 1.93 bits per heavy atom. The summed E-state index contributed by atoms with van der Waals surface area (Å²) >= 11 is 18.1. The van der Waals surface area contributed by atoms with E-state index in [4.69, 9.17) is 34.8 Å². The molecule has 0 bridgehead atoms. The summed E-state index contributed by atoms with van der Waals surface area (Å²) in [6.07, 6.45) is 1.94. The topological polar surface area (TPSA) is 0 Å². The van der Waals surface area contributed by atoms with Gasteiger partial charge in [-0.3, -0.25) is 0 Å². The summed E-state index contributed by atoms with van der Waals surface area (Å²) in [5, 5.41) is 1.66. The molecular weight excluding hydrogens is 250 g/mol. The largest absolute Gasteiger partial charge is 0.123 e. The Balaban J connectivity index is 2.82. The van der Waals surface area contributed by atoms with E-state index in [9.17, 15) is 0 Å². The fourth-order valence-electron chi connectivity index (χ4n) is 1.61. The minimum absolute atomic E-state index is 0.157. The smallest absolute Gasteiger partial charge is 0.0439 e. The maximum Gasteiger partial charge on any atom is 0.0439 e. The molecule has 15 heavy (non-hydrogen) atoms. The van der Waals surface area contributed by atoms with Crippen molar-refractivity contribution in [3.05, 3.63) is 33.8 Å². The van der Waals surface area contributed by atoms with Gasteiger partial charge in [0.25, 0.3) is 0 Å². The number of hydrogen-bond acceptors (Lipinski definition) is 0. The fraction of sp³-hybridized carbons (Fsp3) is 0.500. The molecule has 0 saturated carbocycles. The summed E-state index contributed by atoms with van der Waals surface area (Å²) in [6.45, 7) is 4.16. The third-order valence-electron chi connectivity index (χ3n) is 2.66. The Kier molecular flexibility index (Phi) is 5.25. The van der Waals surface area contributed by atoms with Gasteiger partial charge in [0.05, 0.1) is 0 Å². The molecule has 1 rings (SSSR count). The first-order valence-electron chi connectivity index (χ1n) is 5.12. The predicted molar refractivity (Wildman–Crippen MR) is 69.3 cm³/mol. The minimum Gasteiger partial charge on any atom is -0.123 e. The summed E-state index contributed by atoms with van der Waals surface area (Å²) in [5.41, 5.74) is 1.09. The fourth-order valence-corrected chi connectivity index (χ4v) is 2.27. The van der Waals surface area contributed by atoms with Gasteiger partial charge in [-0.1, -0.05) is 36.5 Å². The van der Waals surface area contributed by atoms with E-state index in [2.05, 4.69) is 6.92 Å². The van der Waals surface area contributed by atoms with Crippen molar-refractivity contribution in [2.24, 2.45) is 5.92 Å². The third kappa shape index (κ3) is 3.86. The van der Waals surface area contributed by atoms with E-state index in [1.165, 1.54) is 0 Å². The first-order chi connectivity index (χ1) is 7.04. The van der Waals surface area contributed by atoms with Crippen LogP contribution in [0.25, 0.3) is 0 Å². The van der Waals surface area contributed by atoms with Gasteiger partial charge in [0.1, 0.15) is 0 Å². The molecule has 1 aromatic carbocycles. The van der Waals surface area contributed by atoms with Crippen molar-refractivity contribution < 1.29 is 0 Å². The van der Waals surface area contributed by atoms with E-state index in [0.717, 1.165) is 28.5 Å². The van der Waals surface area contributed by atoms with Crippen LogP contribution in [-0.4, -0.2) is 5.38 Å². The van der Waals surface area contributed by atoms with Crippen molar-refractivity contribution in [3.63, 3.8) is 0 Å². The van der Waals surface area contributed by atoms with Crippen LogP contribution in [0.5, 0.6) is 0 Å². The van der Waals surface area contributed by atoms with E-state index in [-0.39, 0.29) is 5.38 Å². The van der Waals surface area contributed by atoms with E-state index >= 15 is 0 Å². The van der Waals surface area contributed by atoms with Crippen molar-refractivity contribution >= 4 is 34.8 Å². The molecule has 2 atom stereocenters. The minimum atomic E-state index is 0.157. The Labute approximate surface area is 107 Å². The number of rotatable bonds is 4. The lowest BCUT2D eigenvalue weighted by atomic mass is 9.94. The van der Waals surface area contributed by atoms with Gasteiger partial charge >= 0.3 is 0 Å². The van der Waals surface area contributed by atoms with Crippen LogP contribution in [0.2, 0.25) is 10.0 Å². The van der Waals surface area contributed by atoms with Crippen molar-refractivity contribution in [3.8, 4) is 0 Å². The van der Waals surface area contributed by atoms with Crippen LogP contribution in [0.4, 0.5) is 0 Å². The molecule has 0 aliphatic rings. The lowest BCUT2D eigenvalue weighted by molar-refractivity contribution is 0.497. The van der Waals surface area contributed by atoms with Gasteiger partial charge in [0, 0.05) is 15.4 Å². The molecule has 0 nitrogen and oxygen atoms in total. The Bertz CT molecular complexity index is 321. The molecule has 3 heteroatoms. The number of alkyl halides is 1. The highest BCUT2D eigenvalue weighted by molar-refractivity contribution is 6.33. The van der Waals surface area contributed by atoms with Crippen molar-refractivity contribution in [1.29, 1.82) is 0 Å². The number of hydrogen-bond donors (Lipinski definition) is 0. The van der Waals surface area contributed by atoms with Crippen LogP contribution in [0.3, 0.4) is 0 Å². The second-order valence-electron chi connectivity index (χ2n) is 3.79. The second-order valence-corrected chi connectivity index (χ2v) is 5.32. The van der Waals surface area contributed by atoms with Gasteiger partial charge in [-0.2, -0.15) is 0 Å². The molecule has 0 heterocycles. The predicted octanol–water partition coefficient (Wildman–Crippen LogP) is 5.19. The standard InChI is InChI=1S/C12H15Cl3/c1-3-9(8(2)13)6-10-7-11(14)4-5-12(10)15/h4-5,7-9H,3,6H2,1-2H3. The summed E-state index contributed by atoms with van der Waals surface area (Å²) in [4.78, 5) is 0. The molecule has 0 aliphatic heterocycles. The van der Waals surface area contributed by atoms with Crippen molar-refractivity contribution in [2.75, 3.05) is 0 Å². The highest BCUT2D eigenvalue weighted by Gasteiger charge is 2.15. The quantitative estimate of drug-likeness (QED) is 0.657. The molecule has 84 valence electrons. The average molecular weight is 266 g/mol. The van der Waals surface area contributed by atoms with Crippen molar-refractivity contribution in [2.45, 2.75) is 32.1 Å². The molecule has 0 amide bonds. The zero-order chi connectivity index (χ0) is 11.4. The SMILES string of the molecule is CCC(Cc1cc(Cl)ccc1Cl)C(C)Cl. The Hall–Kier alpha value is 0.0900. The van der Waals surface area contributed by atoms with Crippen molar-refractivity contribution in [1.82, 2.24) is 0 Å². The van der Waals surface area contributed by atoms with Crippen LogP contribution < -0.4 is 0 Å². The molecule has 0 fully saturated rings. The van der Waals surface area contributed by atoms with Gasteiger partial charge < -0.3 is 0 Å². The van der Waals surface area contributed by atoms with Crippen LogP contribution in [0.1, 0.15) is 25.8 Å². The zero-order valence-electron chi connectivity index (χ0n) is 8.93. The Morgan fingerprint density at radius 3 is 2.47 bits per heavy atom. The molecule has 0 spiro atoms. The lowest BCUT2D eigenvalue weighted by Crippen LogP contribution is -2.13. The maximum atomic E-state index is 6.11. The van der Waals surface area contributed by atoms with Crippen LogP contribution in [-0.2, 0) is 6.42 Å². The summed E-state index contributed by atoms with van der Waals surface area (Å²) in [6, 6.07) is 5.56. The van der Waals surface area contributed by atoms with E-state index in [1.54, 1.807) is 6.07 Å². The number of halogens is 3. The Morgan fingerprint density at radius 1 is 1.27 bits per heavy atom. The van der Waals surface area contributed by atoms with Gasteiger partial charge in [-0.25, -0.2) is 0 Å². The normalized spacial score (nSPS) is 15.0. The van der Waals surface area contributed by atoms with Crippen LogP contribution >= 0.6 is 34.8 Å². The van der Waals surface area contributed by atoms with Gasteiger partial charge in [-0.15, -0.1) is 11.6 Å². The molecule has 2 unspecified atom stereocenters. The molecule has 0 N–H and O–H groups in total. The molecule has 0 radical (unpaired) electrons. The van der Waals surface area contributed by atoms with E-state index < -0.39 is 0 Å². The second kappa shape index (κ2) is 5.98. The maximum absolute atomic E-state index is 6.11. The van der Waals surface area contributed by atoms with E-state index in [1.807, 2.05) is 19.1 Å². The van der Waals surface area contributed by atoms with Crippen LogP contribution in [0, 0.1) is 5.92 Å². The average Bonchev–Trinajstić information content (AvgIpc) is 2.18.